The fourth-order valence-corrected chi connectivity index (χ4v) is 3.81. The molecule has 0 unspecified atom stereocenters. The van der Waals surface area contributed by atoms with Crippen molar-refractivity contribution >= 4 is 27.0 Å². The maximum absolute atomic E-state index is 12.8. The maximum atomic E-state index is 12.8. The molecule has 10 heteroatoms. The van der Waals surface area contributed by atoms with Crippen molar-refractivity contribution < 1.29 is 26.3 Å². The highest BCUT2D eigenvalue weighted by Crippen LogP contribution is 2.31. The summed E-state index contributed by atoms with van der Waals surface area (Å²) in [5.41, 5.74) is 1.53. The van der Waals surface area contributed by atoms with E-state index in [2.05, 4.69) is 9.71 Å². The number of rotatable bonds is 6. The highest BCUT2D eigenvalue weighted by molar-refractivity contribution is 7.92. The number of nitrogens with zero attached hydrogens (tertiary/aromatic N) is 1. The second-order valence-corrected chi connectivity index (χ2v) is 7.83. The maximum Gasteiger partial charge on any atom is 0.416 e. The predicted molar refractivity (Wildman–Crippen MR) is 95.1 cm³/mol. The Morgan fingerprint density at radius 2 is 1.89 bits per heavy atom. The van der Waals surface area contributed by atoms with Gasteiger partial charge in [-0.1, -0.05) is 12.1 Å². The van der Waals surface area contributed by atoms with Crippen LogP contribution in [0, 0.1) is 0 Å². The first-order valence-electron chi connectivity index (χ1n) is 7.54. The van der Waals surface area contributed by atoms with E-state index < -0.39 is 26.7 Å². The Balaban J connectivity index is 1.77. The number of sulfonamides is 1. The van der Waals surface area contributed by atoms with Crippen molar-refractivity contribution in [2.45, 2.75) is 17.7 Å². The second-order valence-electron chi connectivity index (χ2n) is 5.43. The largest absolute Gasteiger partial charge is 0.487 e. The van der Waals surface area contributed by atoms with Gasteiger partial charge in [-0.25, -0.2) is 13.4 Å². The van der Waals surface area contributed by atoms with Gasteiger partial charge in [-0.05, 0) is 30.3 Å². The Morgan fingerprint density at radius 3 is 2.59 bits per heavy atom. The lowest BCUT2D eigenvalue weighted by Gasteiger charge is -2.12. The fraction of sp³-hybridized carbons (Fsp3) is 0.118. The van der Waals surface area contributed by atoms with Gasteiger partial charge in [-0.15, -0.1) is 11.3 Å². The van der Waals surface area contributed by atoms with Crippen molar-refractivity contribution in [1.29, 1.82) is 0 Å². The first kappa shape index (κ1) is 19.2. The SMILES string of the molecule is O=S(=O)(Nc1cccc(OCc2cscn2)c1)c1cccc(C(F)(F)F)c1. The van der Waals surface area contributed by atoms with Crippen molar-refractivity contribution in [3.63, 3.8) is 0 Å². The minimum atomic E-state index is -4.63. The number of aromatic nitrogens is 1. The van der Waals surface area contributed by atoms with Crippen LogP contribution in [0.15, 0.2) is 64.3 Å². The summed E-state index contributed by atoms with van der Waals surface area (Å²) in [6.45, 7) is 0.216. The van der Waals surface area contributed by atoms with Crippen LogP contribution in [0.5, 0.6) is 5.75 Å². The number of nitrogens with one attached hydrogen (secondary N) is 1. The average molecular weight is 414 g/mol. The van der Waals surface area contributed by atoms with Crippen molar-refractivity contribution in [3.05, 3.63) is 70.7 Å². The number of hydrogen-bond donors (Lipinski definition) is 1. The van der Waals surface area contributed by atoms with E-state index in [1.165, 1.54) is 23.5 Å². The molecule has 0 bridgehead atoms. The van der Waals surface area contributed by atoms with Gasteiger partial charge in [-0.2, -0.15) is 13.2 Å². The molecular weight excluding hydrogens is 401 g/mol. The molecule has 3 aromatic rings. The molecule has 0 saturated heterocycles. The first-order valence-corrected chi connectivity index (χ1v) is 9.97. The third-order valence-electron chi connectivity index (χ3n) is 3.43. The van der Waals surface area contributed by atoms with Crippen LogP contribution in [-0.2, 0) is 22.8 Å². The van der Waals surface area contributed by atoms with E-state index in [-0.39, 0.29) is 12.3 Å². The monoisotopic (exact) mass is 414 g/mol. The smallest absolute Gasteiger partial charge is 0.416 e. The normalized spacial score (nSPS) is 12.0. The summed E-state index contributed by atoms with van der Waals surface area (Å²) in [5, 5.41) is 1.82. The molecule has 0 radical (unpaired) electrons. The van der Waals surface area contributed by atoms with E-state index in [4.69, 9.17) is 4.74 Å². The summed E-state index contributed by atoms with van der Waals surface area (Å²) in [5.74, 6) is 0.396. The molecule has 0 amide bonds. The topological polar surface area (TPSA) is 68.3 Å². The molecule has 0 saturated carbocycles. The highest BCUT2D eigenvalue weighted by atomic mass is 32.2. The van der Waals surface area contributed by atoms with E-state index >= 15 is 0 Å². The summed E-state index contributed by atoms with van der Waals surface area (Å²) >= 11 is 1.42. The Hall–Kier alpha value is -2.59. The number of ether oxygens (including phenoxy) is 1. The molecule has 0 atom stereocenters. The van der Waals surface area contributed by atoms with E-state index in [1.54, 1.807) is 17.6 Å². The lowest BCUT2D eigenvalue weighted by Crippen LogP contribution is -2.14. The zero-order valence-corrected chi connectivity index (χ0v) is 15.2. The van der Waals surface area contributed by atoms with Gasteiger partial charge >= 0.3 is 6.18 Å². The molecule has 27 heavy (non-hydrogen) atoms. The fourth-order valence-electron chi connectivity index (χ4n) is 2.17. The standard InChI is InChI=1S/C17H13F3N2O3S2/c18-17(19,20)12-3-1-6-16(7-12)27(23,24)22-13-4-2-5-15(8-13)25-9-14-10-26-11-21-14/h1-8,10-11,22H,9H2. The number of benzene rings is 2. The van der Waals surface area contributed by atoms with Crippen LogP contribution in [-0.4, -0.2) is 13.4 Å². The average Bonchev–Trinajstić information content (AvgIpc) is 3.13. The molecule has 0 aliphatic heterocycles. The Bertz CT molecular complexity index is 1020. The number of halogens is 3. The molecule has 142 valence electrons. The van der Waals surface area contributed by atoms with E-state index in [9.17, 15) is 21.6 Å². The number of alkyl halides is 3. The lowest BCUT2D eigenvalue weighted by molar-refractivity contribution is -0.137. The van der Waals surface area contributed by atoms with Crippen LogP contribution < -0.4 is 9.46 Å². The second kappa shape index (κ2) is 7.57. The molecule has 3 rings (SSSR count). The zero-order chi connectivity index (χ0) is 19.5. The quantitative estimate of drug-likeness (QED) is 0.643. The van der Waals surface area contributed by atoms with Gasteiger partial charge in [0.1, 0.15) is 12.4 Å². The molecule has 0 aliphatic carbocycles. The summed E-state index contributed by atoms with van der Waals surface area (Å²) in [6, 6.07) is 9.66. The highest BCUT2D eigenvalue weighted by Gasteiger charge is 2.31. The molecular formula is C17H13F3N2O3S2. The molecule has 1 heterocycles. The van der Waals surface area contributed by atoms with Crippen LogP contribution >= 0.6 is 11.3 Å². The van der Waals surface area contributed by atoms with Crippen LogP contribution in [0.2, 0.25) is 0 Å². The van der Waals surface area contributed by atoms with E-state index in [0.29, 0.717) is 11.8 Å². The van der Waals surface area contributed by atoms with Crippen molar-refractivity contribution in [1.82, 2.24) is 4.98 Å². The summed E-state index contributed by atoms with van der Waals surface area (Å²) in [6.07, 6.45) is -4.63. The van der Waals surface area contributed by atoms with Gasteiger partial charge in [0.2, 0.25) is 0 Å². The van der Waals surface area contributed by atoms with Crippen molar-refractivity contribution in [2.24, 2.45) is 0 Å². The number of anilines is 1. The summed E-state index contributed by atoms with van der Waals surface area (Å²) < 4.78 is 71.0. The molecule has 5 nitrogen and oxygen atoms in total. The molecule has 0 spiro atoms. The zero-order valence-electron chi connectivity index (χ0n) is 13.6. The molecule has 0 fully saturated rings. The predicted octanol–water partition coefficient (Wildman–Crippen LogP) is 4.54. The van der Waals surface area contributed by atoms with Crippen LogP contribution in [0.25, 0.3) is 0 Å². The number of hydrogen-bond acceptors (Lipinski definition) is 5. The molecule has 2 aromatic carbocycles. The van der Waals surface area contributed by atoms with Crippen molar-refractivity contribution in [3.8, 4) is 5.75 Å². The first-order chi connectivity index (χ1) is 12.7. The van der Waals surface area contributed by atoms with E-state index in [0.717, 1.165) is 23.9 Å². The van der Waals surface area contributed by atoms with Crippen LogP contribution in [0.1, 0.15) is 11.3 Å². The number of thiazole rings is 1. The van der Waals surface area contributed by atoms with Gasteiger partial charge < -0.3 is 4.74 Å². The van der Waals surface area contributed by atoms with Gasteiger partial charge in [0.25, 0.3) is 10.0 Å². The Morgan fingerprint density at radius 1 is 1.11 bits per heavy atom. The minimum Gasteiger partial charge on any atom is -0.487 e. The third kappa shape index (κ3) is 4.98. The van der Waals surface area contributed by atoms with Crippen molar-refractivity contribution in [2.75, 3.05) is 4.72 Å². The Kier molecular flexibility index (Phi) is 5.38. The molecule has 1 N–H and O–H groups in total. The summed E-state index contributed by atoms with van der Waals surface area (Å²) in [7, 11) is -4.19. The van der Waals surface area contributed by atoms with Gasteiger partial charge in [0.15, 0.2) is 0 Å². The molecule has 1 aromatic heterocycles. The lowest BCUT2D eigenvalue weighted by atomic mass is 10.2. The van der Waals surface area contributed by atoms with E-state index in [1.807, 2.05) is 5.38 Å². The molecule has 0 aliphatic rings. The van der Waals surface area contributed by atoms with Gasteiger partial charge in [0, 0.05) is 11.4 Å². The van der Waals surface area contributed by atoms with Crippen LogP contribution in [0.3, 0.4) is 0 Å². The van der Waals surface area contributed by atoms with Crippen LogP contribution in [0.4, 0.5) is 18.9 Å². The Labute approximate surface area is 157 Å². The summed E-state index contributed by atoms with van der Waals surface area (Å²) in [4.78, 5) is 3.59. The third-order valence-corrected chi connectivity index (χ3v) is 5.44. The van der Waals surface area contributed by atoms with Gasteiger partial charge in [0.05, 0.1) is 27.4 Å². The van der Waals surface area contributed by atoms with Gasteiger partial charge in [-0.3, -0.25) is 4.72 Å². The minimum absolute atomic E-state index is 0.170.